The molecular formula is C10H15N3O2. The lowest BCUT2D eigenvalue weighted by Crippen LogP contribution is -2.26. The molecule has 15 heavy (non-hydrogen) atoms. The van der Waals surface area contributed by atoms with Crippen LogP contribution in [0.2, 0.25) is 0 Å². The van der Waals surface area contributed by atoms with E-state index in [4.69, 9.17) is 10.5 Å². The minimum absolute atomic E-state index is 0.0924. The minimum atomic E-state index is -0.0924. The van der Waals surface area contributed by atoms with Gasteiger partial charge in [-0.05, 0) is 12.1 Å². The average molecular weight is 209 g/mol. The molecule has 4 N–H and O–H groups in total. The molecule has 0 aliphatic carbocycles. The molecule has 1 amide bonds. The van der Waals surface area contributed by atoms with Crippen LogP contribution < -0.4 is 21.1 Å². The zero-order valence-electron chi connectivity index (χ0n) is 8.83. The molecule has 0 fully saturated rings. The lowest BCUT2D eigenvalue weighted by molar-refractivity contribution is -0.118. The first-order valence-electron chi connectivity index (χ1n) is 4.55. The van der Waals surface area contributed by atoms with Gasteiger partial charge in [0.25, 0.3) is 0 Å². The average Bonchev–Trinajstić information content (AvgIpc) is 2.26. The first kappa shape index (κ1) is 11.2. The van der Waals surface area contributed by atoms with Crippen LogP contribution in [0.5, 0.6) is 5.75 Å². The maximum Gasteiger partial charge on any atom is 0.239 e. The number of amides is 1. The summed E-state index contributed by atoms with van der Waals surface area (Å²) in [5.74, 6) is 0.600. The van der Waals surface area contributed by atoms with Crippen molar-refractivity contribution in [2.75, 3.05) is 31.8 Å². The summed E-state index contributed by atoms with van der Waals surface area (Å²) in [7, 11) is 3.16. The van der Waals surface area contributed by atoms with E-state index >= 15 is 0 Å². The normalized spacial score (nSPS) is 9.47. The highest BCUT2D eigenvalue weighted by Crippen LogP contribution is 2.23. The van der Waals surface area contributed by atoms with Gasteiger partial charge in [0.2, 0.25) is 5.91 Å². The number of benzene rings is 1. The lowest BCUT2D eigenvalue weighted by Gasteiger charge is -2.09. The Hall–Kier alpha value is -1.91. The van der Waals surface area contributed by atoms with E-state index in [1.807, 2.05) is 0 Å². The molecule has 1 rings (SSSR count). The zero-order chi connectivity index (χ0) is 11.3. The second-order valence-electron chi connectivity index (χ2n) is 2.98. The van der Waals surface area contributed by atoms with Crippen molar-refractivity contribution in [1.82, 2.24) is 5.32 Å². The van der Waals surface area contributed by atoms with Gasteiger partial charge in [-0.2, -0.15) is 0 Å². The molecular weight excluding hydrogens is 194 g/mol. The summed E-state index contributed by atoms with van der Waals surface area (Å²) >= 11 is 0. The van der Waals surface area contributed by atoms with Crippen LogP contribution in [0, 0.1) is 0 Å². The number of likely N-dealkylation sites (N-methyl/N-ethyl adjacent to an activating group) is 1. The Morgan fingerprint density at radius 3 is 2.80 bits per heavy atom. The quantitative estimate of drug-likeness (QED) is 0.629. The predicted octanol–water partition coefficient (Wildman–Crippen LogP) is 0.435. The molecule has 82 valence electrons. The first-order chi connectivity index (χ1) is 7.17. The van der Waals surface area contributed by atoms with Gasteiger partial charge in [-0.1, -0.05) is 0 Å². The smallest absolute Gasteiger partial charge is 0.239 e. The van der Waals surface area contributed by atoms with Gasteiger partial charge in [-0.15, -0.1) is 0 Å². The highest BCUT2D eigenvalue weighted by atomic mass is 16.5. The number of carbonyl (C=O) groups is 1. The van der Waals surface area contributed by atoms with Crippen molar-refractivity contribution in [1.29, 1.82) is 0 Å². The first-order valence-corrected chi connectivity index (χ1v) is 4.55. The number of nitrogen functional groups attached to an aromatic ring is 1. The third-order valence-electron chi connectivity index (χ3n) is 1.98. The standard InChI is InChI=1S/C10H15N3O2/c1-12-10(14)6-13-9-4-3-7(15-2)5-8(9)11/h3-5,13H,6,11H2,1-2H3,(H,12,14). The molecule has 1 aromatic carbocycles. The molecule has 0 aliphatic rings. The van der Waals surface area contributed by atoms with Crippen LogP contribution in [-0.4, -0.2) is 26.6 Å². The Morgan fingerprint density at radius 1 is 1.53 bits per heavy atom. The van der Waals surface area contributed by atoms with Crippen molar-refractivity contribution in [3.05, 3.63) is 18.2 Å². The van der Waals surface area contributed by atoms with Crippen LogP contribution in [-0.2, 0) is 4.79 Å². The molecule has 0 saturated carbocycles. The molecule has 0 atom stereocenters. The third-order valence-corrected chi connectivity index (χ3v) is 1.98. The molecule has 0 spiro atoms. The summed E-state index contributed by atoms with van der Waals surface area (Å²) in [5, 5.41) is 5.43. The number of methoxy groups -OCH3 is 1. The number of ether oxygens (including phenoxy) is 1. The monoisotopic (exact) mass is 209 g/mol. The van der Waals surface area contributed by atoms with Gasteiger partial charge >= 0.3 is 0 Å². The number of anilines is 2. The molecule has 0 aromatic heterocycles. The van der Waals surface area contributed by atoms with Gasteiger partial charge in [-0.25, -0.2) is 0 Å². The maximum atomic E-state index is 11.0. The van der Waals surface area contributed by atoms with E-state index in [2.05, 4.69) is 10.6 Å². The van der Waals surface area contributed by atoms with Gasteiger partial charge in [0, 0.05) is 13.1 Å². The Kier molecular flexibility index (Phi) is 3.79. The molecule has 5 nitrogen and oxygen atoms in total. The molecule has 0 radical (unpaired) electrons. The number of hydrogen-bond acceptors (Lipinski definition) is 4. The van der Waals surface area contributed by atoms with Crippen LogP contribution in [0.15, 0.2) is 18.2 Å². The summed E-state index contributed by atoms with van der Waals surface area (Å²) in [6.07, 6.45) is 0. The topological polar surface area (TPSA) is 76.4 Å². The minimum Gasteiger partial charge on any atom is -0.497 e. The number of rotatable bonds is 4. The van der Waals surface area contributed by atoms with Crippen molar-refractivity contribution in [3.8, 4) is 5.75 Å². The van der Waals surface area contributed by atoms with Crippen molar-refractivity contribution in [3.63, 3.8) is 0 Å². The predicted molar refractivity (Wildman–Crippen MR) is 60.0 cm³/mol. The summed E-state index contributed by atoms with van der Waals surface area (Å²) < 4.78 is 5.01. The van der Waals surface area contributed by atoms with E-state index in [9.17, 15) is 4.79 Å². The number of carbonyl (C=O) groups excluding carboxylic acids is 1. The molecule has 0 unspecified atom stereocenters. The van der Waals surface area contributed by atoms with Gasteiger partial charge in [0.1, 0.15) is 5.75 Å². The lowest BCUT2D eigenvalue weighted by atomic mass is 10.2. The van der Waals surface area contributed by atoms with Crippen LogP contribution in [0.4, 0.5) is 11.4 Å². The highest BCUT2D eigenvalue weighted by molar-refractivity contribution is 5.82. The highest BCUT2D eigenvalue weighted by Gasteiger charge is 2.02. The van der Waals surface area contributed by atoms with Crippen LogP contribution >= 0.6 is 0 Å². The summed E-state index contributed by atoms with van der Waals surface area (Å²) in [5.41, 5.74) is 7.03. The van der Waals surface area contributed by atoms with Crippen LogP contribution in [0.1, 0.15) is 0 Å². The van der Waals surface area contributed by atoms with E-state index in [1.54, 1.807) is 32.4 Å². The Bertz CT molecular complexity index is 353. The van der Waals surface area contributed by atoms with Gasteiger partial charge in [0.05, 0.1) is 25.0 Å². The number of nitrogens with one attached hydrogen (secondary N) is 2. The summed E-state index contributed by atoms with van der Waals surface area (Å²) in [6, 6.07) is 5.26. The molecule has 0 saturated heterocycles. The maximum absolute atomic E-state index is 11.0. The third kappa shape index (κ3) is 3.05. The fourth-order valence-corrected chi connectivity index (χ4v) is 1.09. The Morgan fingerprint density at radius 2 is 2.27 bits per heavy atom. The number of nitrogens with two attached hydrogens (primary N) is 1. The Balaban J connectivity index is 2.66. The molecule has 0 heterocycles. The summed E-state index contributed by atoms with van der Waals surface area (Å²) in [6.45, 7) is 0.201. The van der Waals surface area contributed by atoms with Crippen molar-refractivity contribution in [2.24, 2.45) is 0 Å². The number of hydrogen-bond donors (Lipinski definition) is 3. The molecule has 1 aromatic rings. The van der Waals surface area contributed by atoms with Crippen molar-refractivity contribution < 1.29 is 9.53 Å². The summed E-state index contributed by atoms with van der Waals surface area (Å²) in [4.78, 5) is 11.0. The SMILES string of the molecule is CNC(=O)CNc1ccc(OC)cc1N. The van der Waals surface area contributed by atoms with E-state index in [0.717, 1.165) is 5.69 Å². The van der Waals surface area contributed by atoms with E-state index < -0.39 is 0 Å². The largest absolute Gasteiger partial charge is 0.497 e. The fraction of sp³-hybridized carbons (Fsp3) is 0.300. The van der Waals surface area contributed by atoms with Crippen LogP contribution in [0.25, 0.3) is 0 Å². The van der Waals surface area contributed by atoms with E-state index in [-0.39, 0.29) is 12.5 Å². The second-order valence-corrected chi connectivity index (χ2v) is 2.98. The fourth-order valence-electron chi connectivity index (χ4n) is 1.09. The van der Waals surface area contributed by atoms with Crippen molar-refractivity contribution >= 4 is 17.3 Å². The van der Waals surface area contributed by atoms with Gasteiger partial charge in [0.15, 0.2) is 0 Å². The van der Waals surface area contributed by atoms with Gasteiger partial charge in [-0.3, -0.25) is 4.79 Å². The van der Waals surface area contributed by atoms with E-state index in [0.29, 0.717) is 11.4 Å². The van der Waals surface area contributed by atoms with Crippen LogP contribution in [0.3, 0.4) is 0 Å². The van der Waals surface area contributed by atoms with Crippen molar-refractivity contribution in [2.45, 2.75) is 0 Å². The molecule has 5 heteroatoms. The molecule has 0 aliphatic heterocycles. The zero-order valence-corrected chi connectivity index (χ0v) is 8.83. The second kappa shape index (κ2) is 5.09. The van der Waals surface area contributed by atoms with Gasteiger partial charge < -0.3 is 21.1 Å². The van der Waals surface area contributed by atoms with E-state index in [1.165, 1.54) is 0 Å². The molecule has 0 bridgehead atoms. The Labute approximate surface area is 88.6 Å².